The molecule has 1 atom stereocenters. The van der Waals surface area contributed by atoms with Crippen molar-refractivity contribution in [3.05, 3.63) is 33.9 Å². The number of anilines is 1. The molecule has 0 radical (unpaired) electrons. The highest BCUT2D eigenvalue weighted by Crippen LogP contribution is 2.25. The Morgan fingerprint density at radius 3 is 3.05 bits per heavy atom. The van der Waals surface area contributed by atoms with Crippen molar-refractivity contribution in [3.8, 4) is 0 Å². The molecule has 1 unspecified atom stereocenters. The molecule has 7 heteroatoms. The van der Waals surface area contributed by atoms with Crippen LogP contribution in [0.15, 0.2) is 18.2 Å². The highest BCUT2D eigenvalue weighted by atomic mass is 16.6. The van der Waals surface area contributed by atoms with Gasteiger partial charge in [-0.2, -0.15) is 0 Å². The largest absolute Gasteiger partial charge is 0.379 e. The third-order valence-corrected chi connectivity index (χ3v) is 3.30. The van der Waals surface area contributed by atoms with Crippen LogP contribution in [-0.2, 0) is 11.3 Å². The number of nitro groups is 1. The summed E-state index contributed by atoms with van der Waals surface area (Å²) in [4.78, 5) is 12.7. The Hall–Kier alpha value is -1.70. The molecule has 1 aromatic carbocycles. The van der Waals surface area contributed by atoms with Crippen LogP contribution in [-0.4, -0.2) is 35.6 Å². The zero-order chi connectivity index (χ0) is 13.8. The van der Waals surface area contributed by atoms with Crippen LogP contribution in [0, 0.1) is 10.1 Å². The van der Waals surface area contributed by atoms with E-state index in [9.17, 15) is 10.1 Å². The number of hydrogen-bond acceptors (Lipinski definition) is 6. The maximum Gasteiger partial charge on any atom is 0.293 e. The summed E-state index contributed by atoms with van der Waals surface area (Å²) in [5, 5.41) is 10.8. The number of hydrogen-bond donors (Lipinski definition) is 2. The van der Waals surface area contributed by atoms with Gasteiger partial charge in [0.25, 0.3) is 5.69 Å². The lowest BCUT2D eigenvalue weighted by atomic mass is 10.1. The predicted octanol–water partition coefficient (Wildman–Crippen LogP) is 1.10. The van der Waals surface area contributed by atoms with Crippen molar-refractivity contribution in [2.45, 2.75) is 19.5 Å². The standard InChI is InChI=1S/C12H18N4O3/c1-9-8-19-5-4-15(9)7-10-2-3-12(16(17)18)11(6-10)14-13/h2-3,6,9,14H,4-5,7-8,13H2,1H3. The number of ether oxygens (including phenoxy) is 1. The average molecular weight is 266 g/mol. The molecular weight excluding hydrogens is 248 g/mol. The number of benzene rings is 1. The first-order valence-electron chi connectivity index (χ1n) is 6.17. The molecule has 1 aliphatic heterocycles. The lowest BCUT2D eigenvalue weighted by Crippen LogP contribution is -2.42. The monoisotopic (exact) mass is 266 g/mol. The molecule has 7 nitrogen and oxygen atoms in total. The Balaban J connectivity index is 2.14. The number of nitro benzene ring substituents is 1. The van der Waals surface area contributed by atoms with Crippen molar-refractivity contribution in [1.82, 2.24) is 4.90 Å². The molecule has 104 valence electrons. The normalized spacial score (nSPS) is 20.2. The zero-order valence-corrected chi connectivity index (χ0v) is 10.8. The van der Waals surface area contributed by atoms with E-state index in [1.807, 2.05) is 0 Å². The Bertz CT molecular complexity index is 466. The van der Waals surface area contributed by atoms with Gasteiger partial charge in [-0.15, -0.1) is 0 Å². The third kappa shape index (κ3) is 3.19. The molecule has 0 spiro atoms. The molecule has 2 rings (SSSR count). The fourth-order valence-corrected chi connectivity index (χ4v) is 2.19. The van der Waals surface area contributed by atoms with Crippen molar-refractivity contribution in [2.24, 2.45) is 5.84 Å². The van der Waals surface area contributed by atoms with E-state index in [1.165, 1.54) is 6.07 Å². The van der Waals surface area contributed by atoms with Crippen LogP contribution in [0.2, 0.25) is 0 Å². The molecule has 1 saturated heterocycles. The van der Waals surface area contributed by atoms with Crippen LogP contribution in [0.25, 0.3) is 0 Å². The second kappa shape index (κ2) is 5.96. The summed E-state index contributed by atoms with van der Waals surface area (Å²) >= 11 is 0. The van der Waals surface area contributed by atoms with Crippen molar-refractivity contribution in [1.29, 1.82) is 0 Å². The smallest absolute Gasteiger partial charge is 0.293 e. The molecule has 0 bridgehead atoms. The first kappa shape index (κ1) is 13.7. The van der Waals surface area contributed by atoms with E-state index in [0.29, 0.717) is 11.7 Å². The van der Waals surface area contributed by atoms with Gasteiger partial charge < -0.3 is 10.2 Å². The second-order valence-corrected chi connectivity index (χ2v) is 4.65. The van der Waals surface area contributed by atoms with Gasteiger partial charge in [-0.3, -0.25) is 20.9 Å². The number of hydrazine groups is 1. The molecule has 1 aromatic rings. The molecule has 0 amide bonds. The van der Waals surface area contributed by atoms with Crippen LogP contribution >= 0.6 is 0 Å². The average Bonchev–Trinajstić information content (AvgIpc) is 2.41. The highest BCUT2D eigenvalue weighted by Gasteiger charge is 2.20. The van der Waals surface area contributed by atoms with Crippen molar-refractivity contribution in [2.75, 3.05) is 25.2 Å². The molecule has 19 heavy (non-hydrogen) atoms. The van der Waals surface area contributed by atoms with Gasteiger partial charge in [0, 0.05) is 25.2 Å². The van der Waals surface area contributed by atoms with E-state index in [2.05, 4.69) is 17.2 Å². The van der Waals surface area contributed by atoms with Crippen LogP contribution in [0.1, 0.15) is 12.5 Å². The van der Waals surface area contributed by atoms with E-state index in [4.69, 9.17) is 10.6 Å². The number of morpholine rings is 1. The minimum atomic E-state index is -0.448. The van der Waals surface area contributed by atoms with Gasteiger partial charge in [0.1, 0.15) is 5.69 Å². The first-order chi connectivity index (χ1) is 9.11. The van der Waals surface area contributed by atoms with Crippen LogP contribution in [0.3, 0.4) is 0 Å². The van der Waals surface area contributed by atoms with Gasteiger partial charge in [0.05, 0.1) is 18.1 Å². The van der Waals surface area contributed by atoms with Gasteiger partial charge >= 0.3 is 0 Å². The Kier molecular flexibility index (Phi) is 4.31. The summed E-state index contributed by atoms with van der Waals surface area (Å²) in [5.41, 5.74) is 3.70. The SMILES string of the molecule is CC1COCCN1Cc1ccc([N+](=O)[O-])c(NN)c1. The van der Waals surface area contributed by atoms with E-state index < -0.39 is 4.92 Å². The summed E-state index contributed by atoms with van der Waals surface area (Å²) in [6, 6.07) is 5.31. The third-order valence-electron chi connectivity index (χ3n) is 3.30. The minimum Gasteiger partial charge on any atom is -0.379 e. The maximum absolute atomic E-state index is 10.8. The van der Waals surface area contributed by atoms with Gasteiger partial charge in [-0.05, 0) is 18.6 Å². The van der Waals surface area contributed by atoms with Crippen molar-refractivity contribution >= 4 is 11.4 Å². The summed E-state index contributed by atoms with van der Waals surface area (Å²) in [6.45, 7) is 5.14. The fourth-order valence-electron chi connectivity index (χ4n) is 2.19. The number of rotatable bonds is 4. The highest BCUT2D eigenvalue weighted by molar-refractivity contribution is 5.62. The molecule has 0 aromatic heterocycles. The van der Waals surface area contributed by atoms with E-state index >= 15 is 0 Å². The molecule has 1 heterocycles. The summed E-state index contributed by atoms with van der Waals surface area (Å²) in [5.74, 6) is 5.33. The quantitative estimate of drug-likeness (QED) is 0.481. The van der Waals surface area contributed by atoms with Crippen molar-refractivity contribution < 1.29 is 9.66 Å². The maximum atomic E-state index is 10.8. The van der Waals surface area contributed by atoms with E-state index in [1.54, 1.807) is 12.1 Å². The Labute approximate surface area is 111 Å². The van der Waals surface area contributed by atoms with Crippen LogP contribution in [0.4, 0.5) is 11.4 Å². The Morgan fingerprint density at radius 1 is 1.63 bits per heavy atom. The second-order valence-electron chi connectivity index (χ2n) is 4.65. The molecule has 0 aliphatic carbocycles. The first-order valence-corrected chi connectivity index (χ1v) is 6.17. The summed E-state index contributed by atoms with van der Waals surface area (Å²) < 4.78 is 5.38. The van der Waals surface area contributed by atoms with Gasteiger partial charge in [0.15, 0.2) is 0 Å². The molecular formula is C12H18N4O3. The molecule has 1 aliphatic rings. The minimum absolute atomic E-state index is 0.0127. The fraction of sp³-hybridized carbons (Fsp3) is 0.500. The molecule has 3 N–H and O–H groups in total. The number of nitrogens with zero attached hydrogens (tertiary/aromatic N) is 2. The van der Waals surface area contributed by atoms with Gasteiger partial charge in [-0.1, -0.05) is 6.07 Å². The molecule has 0 saturated carbocycles. The topological polar surface area (TPSA) is 93.7 Å². The lowest BCUT2D eigenvalue weighted by molar-refractivity contribution is -0.384. The van der Waals surface area contributed by atoms with Crippen LogP contribution in [0.5, 0.6) is 0 Å². The van der Waals surface area contributed by atoms with Crippen molar-refractivity contribution in [3.63, 3.8) is 0 Å². The van der Waals surface area contributed by atoms with Gasteiger partial charge in [0.2, 0.25) is 0 Å². The zero-order valence-electron chi connectivity index (χ0n) is 10.8. The van der Waals surface area contributed by atoms with Crippen LogP contribution < -0.4 is 11.3 Å². The summed E-state index contributed by atoms with van der Waals surface area (Å²) in [7, 11) is 0. The number of nitrogens with two attached hydrogens (primary N) is 1. The lowest BCUT2D eigenvalue weighted by Gasteiger charge is -2.33. The predicted molar refractivity (Wildman–Crippen MR) is 71.6 cm³/mol. The number of nitrogen functional groups attached to an aromatic ring is 1. The molecule has 1 fully saturated rings. The van der Waals surface area contributed by atoms with E-state index in [-0.39, 0.29) is 5.69 Å². The van der Waals surface area contributed by atoms with E-state index in [0.717, 1.165) is 31.9 Å². The Morgan fingerprint density at radius 2 is 2.42 bits per heavy atom. The number of nitrogens with one attached hydrogen (secondary N) is 1. The summed E-state index contributed by atoms with van der Waals surface area (Å²) in [6.07, 6.45) is 0. The van der Waals surface area contributed by atoms with Gasteiger partial charge in [-0.25, -0.2) is 0 Å².